The molecule has 0 bridgehead atoms. The largest absolute Gasteiger partial charge is 0.481 e. The van der Waals surface area contributed by atoms with Crippen LogP contribution in [0.25, 0.3) is 5.69 Å². The fourth-order valence-corrected chi connectivity index (χ4v) is 2.55. The first-order valence-electron chi connectivity index (χ1n) is 8.30. The number of nitrogens with one attached hydrogen (secondary N) is 2. The zero-order chi connectivity index (χ0) is 20.1. The van der Waals surface area contributed by atoms with Crippen LogP contribution in [0.5, 0.6) is 5.75 Å². The van der Waals surface area contributed by atoms with Crippen LogP contribution in [0.3, 0.4) is 0 Å². The van der Waals surface area contributed by atoms with Crippen LogP contribution in [0.15, 0.2) is 48.8 Å². The van der Waals surface area contributed by atoms with E-state index in [1.165, 1.54) is 11.0 Å². The highest BCUT2D eigenvalue weighted by Gasteiger charge is 2.17. The molecule has 9 nitrogen and oxygen atoms in total. The lowest BCUT2D eigenvalue weighted by Gasteiger charge is -2.16. The molecule has 2 aromatic carbocycles. The summed E-state index contributed by atoms with van der Waals surface area (Å²) < 4.78 is 7.07. The van der Waals surface area contributed by atoms with Crippen molar-refractivity contribution in [1.82, 2.24) is 31.1 Å². The molecule has 28 heavy (non-hydrogen) atoms. The molecule has 0 aliphatic carbocycles. The quantitative estimate of drug-likeness (QED) is 0.632. The van der Waals surface area contributed by atoms with Crippen molar-refractivity contribution in [3.05, 3.63) is 64.9 Å². The van der Waals surface area contributed by atoms with Gasteiger partial charge in [-0.1, -0.05) is 11.6 Å². The van der Waals surface area contributed by atoms with Crippen molar-refractivity contribution in [2.45, 2.75) is 20.0 Å². The van der Waals surface area contributed by atoms with Crippen molar-refractivity contribution in [2.75, 3.05) is 0 Å². The van der Waals surface area contributed by atoms with Gasteiger partial charge in [-0.2, -0.15) is 0 Å². The number of hydrogen-bond donors (Lipinski definition) is 2. The monoisotopic (exact) mass is 400 g/mol. The molecule has 3 aromatic rings. The number of hydrazine groups is 1. The summed E-state index contributed by atoms with van der Waals surface area (Å²) in [5.41, 5.74) is 6.57. The minimum atomic E-state index is -0.817. The molecule has 0 fully saturated rings. The second-order valence-electron chi connectivity index (χ2n) is 5.91. The topological polar surface area (TPSA) is 111 Å². The molecular weight excluding hydrogens is 384 g/mol. The van der Waals surface area contributed by atoms with Gasteiger partial charge in [-0.05, 0) is 72.3 Å². The predicted molar refractivity (Wildman–Crippen MR) is 101 cm³/mol. The molecular formula is C18H17ClN6O3. The van der Waals surface area contributed by atoms with Crippen LogP contribution < -0.4 is 15.6 Å². The Labute approximate surface area is 165 Å². The molecule has 144 valence electrons. The molecule has 0 saturated carbocycles. The van der Waals surface area contributed by atoms with Gasteiger partial charge >= 0.3 is 0 Å². The van der Waals surface area contributed by atoms with Gasteiger partial charge in [0.25, 0.3) is 11.8 Å². The fraction of sp³-hybridized carbons (Fsp3) is 0.167. The first-order chi connectivity index (χ1) is 13.4. The molecule has 2 N–H and O–H groups in total. The lowest BCUT2D eigenvalue weighted by molar-refractivity contribution is -0.128. The number of carbonyl (C=O) groups excluding carboxylic acids is 2. The van der Waals surface area contributed by atoms with E-state index in [4.69, 9.17) is 16.3 Å². The third-order valence-corrected chi connectivity index (χ3v) is 4.09. The number of aromatic nitrogens is 4. The van der Waals surface area contributed by atoms with E-state index in [9.17, 15) is 9.59 Å². The molecule has 2 amide bonds. The minimum Gasteiger partial charge on any atom is -0.481 e. The number of aryl methyl sites for hydroxylation is 1. The number of benzene rings is 2. The second-order valence-corrected chi connectivity index (χ2v) is 6.35. The average molecular weight is 401 g/mol. The first-order valence-corrected chi connectivity index (χ1v) is 8.68. The Morgan fingerprint density at radius 3 is 2.54 bits per heavy atom. The number of rotatable bonds is 5. The van der Waals surface area contributed by atoms with Gasteiger partial charge in [0.05, 0.1) is 5.69 Å². The van der Waals surface area contributed by atoms with Gasteiger partial charge < -0.3 is 4.74 Å². The third-order valence-electron chi connectivity index (χ3n) is 3.85. The maximum Gasteiger partial charge on any atom is 0.279 e. The maximum atomic E-state index is 12.2. The Bertz CT molecular complexity index is 975. The zero-order valence-corrected chi connectivity index (χ0v) is 15.8. The molecule has 1 unspecified atom stereocenters. The van der Waals surface area contributed by atoms with Gasteiger partial charge in [0.1, 0.15) is 12.1 Å². The van der Waals surface area contributed by atoms with E-state index in [0.29, 0.717) is 22.0 Å². The third kappa shape index (κ3) is 4.63. The summed E-state index contributed by atoms with van der Waals surface area (Å²) in [6.45, 7) is 3.41. The molecule has 1 aromatic heterocycles. The van der Waals surface area contributed by atoms with Gasteiger partial charge in [-0.3, -0.25) is 20.4 Å². The van der Waals surface area contributed by atoms with Gasteiger partial charge in [-0.25, -0.2) is 4.68 Å². The van der Waals surface area contributed by atoms with E-state index in [1.54, 1.807) is 49.4 Å². The van der Waals surface area contributed by atoms with Crippen molar-refractivity contribution < 1.29 is 14.3 Å². The molecule has 0 aliphatic rings. The van der Waals surface area contributed by atoms with E-state index in [-0.39, 0.29) is 0 Å². The Morgan fingerprint density at radius 2 is 1.89 bits per heavy atom. The Kier molecular flexibility index (Phi) is 5.85. The lowest BCUT2D eigenvalue weighted by atomic mass is 10.2. The van der Waals surface area contributed by atoms with Gasteiger partial charge in [0.15, 0.2) is 6.10 Å². The van der Waals surface area contributed by atoms with E-state index < -0.39 is 17.9 Å². The highest BCUT2D eigenvalue weighted by atomic mass is 35.5. The van der Waals surface area contributed by atoms with E-state index >= 15 is 0 Å². The van der Waals surface area contributed by atoms with Gasteiger partial charge in [-0.15, -0.1) is 5.10 Å². The highest BCUT2D eigenvalue weighted by Crippen LogP contribution is 2.22. The normalized spacial score (nSPS) is 11.5. The minimum absolute atomic E-state index is 0.360. The van der Waals surface area contributed by atoms with Crippen molar-refractivity contribution in [3.63, 3.8) is 0 Å². The van der Waals surface area contributed by atoms with Crippen LogP contribution >= 0.6 is 11.6 Å². The van der Waals surface area contributed by atoms with Crippen LogP contribution in [-0.2, 0) is 4.79 Å². The molecule has 0 spiro atoms. The summed E-state index contributed by atoms with van der Waals surface area (Å²) in [4.78, 5) is 24.4. The smallest absolute Gasteiger partial charge is 0.279 e. The number of hydrogen-bond acceptors (Lipinski definition) is 6. The molecule has 1 heterocycles. The number of tetrazole rings is 1. The van der Waals surface area contributed by atoms with Crippen LogP contribution in [0.4, 0.5) is 0 Å². The number of halogens is 1. The summed E-state index contributed by atoms with van der Waals surface area (Å²) in [6, 6.07) is 11.7. The van der Waals surface area contributed by atoms with Gasteiger partial charge in [0, 0.05) is 10.6 Å². The Balaban J connectivity index is 1.54. The average Bonchev–Trinajstić information content (AvgIpc) is 3.23. The molecule has 0 aliphatic heterocycles. The van der Waals surface area contributed by atoms with E-state index in [2.05, 4.69) is 26.4 Å². The summed E-state index contributed by atoms with van der Waals surface area (Å²) in [7, 11) is 0. The zero-order valence-electron chi connectivity index (χ0n) is 15.1. The Morgan fingerprint density at radius 1 is 1.14 bits per heavy atom. The van der Waals surface area contributed by atoms with Crippen LogP contribution in [0.1, 0.15) is 22.8 Å². The van der Waals surface area contributed by atoms with Crippen molar-refractivity contribution >= 4 is 23.4 Å². The van der Waals surface area contributed by atoms with E-state index in [1.807, 2.05) is 6.92 Å². The summed E-state index contributed by atoms with van der Waals surface area (Å²) in [6.07, 6.45) is 0.626. The lowest BCUT2D eigenvalue weighted by Crippen LogP contribution is -2.47. The molecule has 0 saturated heterocycles. The predicted octanol–water partition coefficient (Wildman–Crippen LogP) is 1.85. The molecule has 3 rings (SSSR count). The second kappa shape index (κ2) is 8.49. The van der Waals surface area contributed by atoms with E-state index in [0.717, 1.165) is 5.56 Å². The first kappa shape index (κ1) is 19.3. The van der Waals surface area contributed by atoms with Crippen LogP contribution in [0, 0.1) is 6.92 Å². The molecule has 1 atom stereocenters. The number of carbonyl (C=O) groups is 2. The van der Waals surface area contributed by atoms with Crippen LogP contribution in [-0.4, -0.2) is 38.1 Å². The van der Waals surface area contributed by atoms with Crippen molar-refractivity contribution in [3.8, 4) is 11.4 Å². The molecule has 10 heteroatoms. The Hall–Kier alpha value is -3.46. The molecule has 0 radical (unpaired) electrons. The van der Waals surface area contributed by atoms with Crippen molar-refractivity contribution in [2.24, 2.45) is 0 Å². The summed E-state index contributed by atoms with van der Waals surface area (Å²) >= 11 is 5.90. The number of ether oxygens (including phenoxy) is 1. The van der Waals surface area contributed by atoms with Gasteiger partial charge in [0.2, 0.25) is 0 Å². The maximum absolute atomic E-state index is 12.2. The SMILES string of the molecule is Cc1cc(Cl)ccc1OC(C)C(=O)NNC(=O)c1ccc(-n2cnnn2)cc1. The van der Waals surface area contributed by atoms with Crippen molar-refractivity contribution in [1.29, 1.82) is 0 Å². The number of amides is 2. The number of nitrogens with zero attached hydrogens (tertiary/aromatic N) is 4. The summed E-state index contributed by atoms with van der Waals surface area (Å²) in [5.74, 6) is -0.420. The highest BCUT2D eigenvalue weighted by molar-refractivity contribution is 6.30. The summed E-state index contributed by atoms with van der Waals surface area (Å²) in [5, 5.41) is 11.4. The van der Waals surface area contributed by atoms with Crippen LogP contribution in [0.2, 0.25) is 5.02 Å². The standard InChI is InChI=1S/C18H17ClN6O3/c1-11-9-14(19)5-8-16(11)28-12(2)17(26)21-22-18(27)13-3-6-15(7-4-13)25-10-20-23-24-25/h3-10,12H,1-2H3,(H,21,26)(H,22,27). The fourth-order valence-electron chi connectivity index (χ4n) is 2.33.